The monoisotopic (exact) mass is 291 g/mol. The van der Waals surface area contributed by atoms with Crippen molar-refractivity contribution in [1.82, 2.24) is 14.8 Å². The molecule has 1 fully saturated rings. The molecule has 0 aliphatic heterocycles. The van der Waals surface area contributed by atoms with Crippen LogP contribution in [0.2, 0.25) is 0 Å². The SMILES string of the molecule is COCc1nc(Cc2ccsc2)n(C2CCCCC2)n1. The highest BCUT2D eigenvalue weighted by atomic mass is 32.1. The van der Waals surface area contributed by atoms with E-state index in [1.165, 1.54) is 37.7 Å². The standard InChI is InChI=1S/C15H21N3OS/c1-19-10-14-16-15(9-12-7-8-20-11-12)18(17-14)13-5-3-2-4-6-13/h7-8,11,13H,2-6,9-10H2,1H3. The molecule has 2 aromatic rings. The molecule has 0 bridgehead atoms. The average Bonchev–Trinajstić information content (AvgIpc) is 3.11. The van der Waals surface area contributed by atoms with Crippen LogP contribution in [0.4, 0.5) is 0 Å². The van der Waals surface area contributed by atoms with Crippen LogP contribution in [0.1, 0.15) is 55.4 Å². The molecule has 0 N–H and O–H groups in total. The van der Waals surface area contributed by atoms with Gasteiger partial charge >= 0.3 is 0 Å². The molecule has 1 saturated carbocycles. The van der Waals surface area contributed by atoms with Crippen molar-refractivity contribution >= 4 is 11.3 Å². The topological polar surface area (TPSA) is 39.9 Å². The minimum Gasteiger partial charge on any atom is -0.377 e. The van der Waals surface area contributed by atoms with Crippen LogP contribution in [-0.4, -0.2) is 21.9 Å². The second-order valence-electron chi connectivity index (χ2n) is 5.42. The maximum atomic E-state index is 5.18. The number of methoxy groups -OCH3 is 1. The van der Waals surface area contributed by atoms with E-state index < -0.39 is 0 Å². The van der Waals surface area contributed by atoms with Crippen LogP contribution in [-0.2, 0) is 17.8 Å². The summed E-state index contributed by atoms with van der Waals surface area (Å²) in [4.78, 5) is 4.68. The molecule has 2 heterocycles. The van der Waals surface area contributed by atoms with Crippen LogP contribution in [0.5, 0.6) is 0 Å². The minimum atomic E-state index is 0.496. The highest BCUT2D eigenvalue weighted by Crippen LogP contribution is 2.29. The van der Waals surface area contributed by atoms with Gasteiger partial charge in [-0.1, -0.05) is 19.3 Å². The first-order chi connectivity index (χ1) is 9.86. The van der Waals surface area contributed by atoms with E-state index in [0.29, 0.717) is 12.6 Å². The van der Waals surface area contributed by atoms with Gasteiger partial charge in [0.1, 0.15) is 12.4 Å². The number of hydrogen-bond acceptors (Lipinski definition) is 4. The van der Waals surface area contributed by atoms with Gasteiger partial charge in [-0.2, -0.15) is 16.4 Å². The van der Waals surface area contributed by atoms with E-state index in [9.17, 15) is 0 Å². The molecule has 5 heteroatoms. The van der Waals surface area contributed by atoms with E-state index in [0.717, 1.165) is 18.1 Å². The average molecular weight is 291 g/mol. The Balaban J connectivity index is 1.85. The summed E-state index contributed by atoms with van der Waals surface area (Å²) in [6.07, 6.45) is 7.30. The molecule has 20 heavy (non-hydrogen) atoms. The van der Waals surface area contributed by atoms with Crippen molar-refractivity contribution in [1.29, 1.82) is 0 Å². The lowest BCUT2D eigenvalue weighted by Crippen LogP contribution is -2.17. The van der Waals surface area contributed by atoms with Gasteiger partial charge in [-0.05, 0) is 35.2 Å². The van der Waals surface area contributed by atoms with E-state index >= 15 is 0 Å². The fraction of sp³-hybridized carbons (Fsp3) is 0.600. The molecule has 0 unspecified atom stereocenters. The van der Waals surface area contributed by atoms with E-state index in [4.69, 9.17) is 4.74 Å². The zero-order valence-corrected chi connectivity index (χ0v) is 12.7. The molecule has 0 spiro atoms. The van der Waals surface area contributed by atoms with Crippen molar-refractivity contribution in [3.8, 4) is 0 Å². The Bertz CT molecular complexity index is 529. The third kappa shape index (κ3) is 3.10. The second kappa shape index (κ2) is 6.50. The van der Waals surface area contributed by atoms with Crippen molar-refractivity contribution in [2.45, 2.75) is 51.2 Å². The largest absolute Gasteiger partial charge is 0.377 e. The van der Waals surface area contributed by atoms with Gasteiger partial charge < -0.3 is 4.74 Å². The Hall–Kier alpha value is -1.20. The molecule has 1 aliphatic rings. The molecule has 2 aromatic heterocycles. The molecule has 0 saturated heterocycles. The van der Waals surface area contributed by atoms with Gasteiger partial charge in [-0.25, -0.2) is 9.67 Å². The fourth-order valence-electron chi connectivity index (χ4n) is 2.91. The van der Waals surface area contributed by atoms with Crippen LogP contribution in [0.25, 0.3) is 0 Å². The molecule has 0 amide bonds. The number of hydrogen-bond donors (Lipinski definition) is 0. The van der Waals surface area contributed by atoms with E-state index in [1.807, 2.05) is 0 Å². The zero-order chi connectivity index (χ0) is 13.8. The normalized spacial score (nSPS) is 16.6. The van der Waals surface area contributed by atoms with Gasteiger partial charge in [-0.3, -0.25) is 0 Å². The zero-order valence-electron chi connectivity index (χ0n) is 11.9. The van der Waals surface area contributed by atoms with Crippen molar-refractivity contribution in [2.24, 2.45) is 0 Å². The Morgan fingerprint density at radius 3 is 2.90 bits per heavy atom. The third-order valence-electron chi connectivity index (χ3n) is 3.88. The number of aromatic nitrogens is 3. The first-order valence-corrected chi connectivity index (χ1v) is 8.25. The smallest absolute Gasteiger partial charge is 0.176 e. The van der Waals surface area contributed by atoms with Crippen molar-refractivity contribution in [2.75, 3.05) is 7.11 Å². The van der Waals surface area contributed by atoms with Crippen LogP contribution in [0, 0.1) is 0 Å². The summed E-state index contributed by atoms with van der Waals surface area (Å²) in [5.41, 5.74) is 1.32. The predicted octanol–water partition coefficient (Wildman–Crippen LogP) is 3.58. The first kappa shape index (κ1) is 13.8. The molecule has 4 nitrogen and oxygen atoms in total. The molecule has 0 aromatic carbocycles. The Morgan fingerprint density at radius 1 is 1.35 bits per heavy atom. The summed E-state index contributed by atoms with van der Waals surface area (Å²) in [5.74, 6) is 1.89. The highest BCUT2D eigenvalue weighted by molar-refractivity contribution is 7.07. The molecule has 108 valence electrons. The van der Waals surface area contributed by atoms with Gasteiger partial charge in [0.15, 0.2) is 5.82 Å². The van der Waals surface area contributed by atoms with Gasteiger partial charge in [0, 0.05) is 13.5 Å². The number of thiophene rings is 1. The number of rotatable bonds is 5. The van der Waals surface area contributed by atoms with Crippen LogP contribution < -0.4 is 0 Å². The Morgan fingerprint density at radius 2 is 2.20 bits per heavy atom. The fourth-order valence-corrected chi connectivity index (χ4v) is 3.58. The van der Waals surface area contributed by atoms with Crippen molar-refractivity contribution in [3.05, 3.63) is 34.0 Å². The molecule has 3 rings (SSSR count). The van der Waals surface area contributed by atoms with Gasteiger partial charge in [0.2, 0.25) is 0 Å². The first-order valence-electron chi connectivity index (χ1n) is 7.31. The molecular formula is C15H21N3OS. The van der Waals surface area contributed by atoms with E-state index in [2.05, 4.69) is 31.6 Å². The molecule has 0 radical (unpaired) electrons. The van der Waals surface area contributed by atoms with E-state index in [1.54, 1.807) is 18.4 Å². The van der Waals surface area contributed by atoms with Gasteiger partial charge in [0.05, 0.1) is 6.04 Å². The quantitative estimate of drug-likeness (QED) is 0.845. The lowest BCUT2D eigenvalue weighted by atomic mass is 9.95. The Kier molecular flexibility index (Phi) is 4.47. The maximum Gasteiger partial charge on any atom is 0.176 e. The maximum absolute atomic E-state index is 5.18. The summed E-state index contributed by atoms with van der Waals surface area (Å²) in [5, 5.41) is 9.00. The van der Waals surface area contributed by atoms with Gasteiger partial charge in [0.25, 0.3) is 0 Å². The Labute approximate surface area is 123 Å². The van der Waals surface area contributed by atoms with Gasteiger partial charge in [-0.15, -0.1) is 0 Å². The van der Waals surface area contributed by atoms with E-state index in [-0.39, 0.29) is 0 Å². The summed E-state index contributed by atoms with van der Waals surface area (Å²) in [6, 6.07) is 2.69. The third-order valence-corrected chi connectivity index (χ3v) is 4.61. The van der Waals surface area contributed by atoms with Crippen molar-refractivity contribution < 1.29 is 4.74 Å². The summed E-state index contributed by atoms with van der Waals surface area (Å²) in [6.45, 7) is 0.496. The lowest BCUT2D eigenvalue weighted by Gasteiger charge is -2.23. The summed E-state index contributed by atoms with van der Waals surface area (Å²) in [7, 11) is 1.69. The van der Waals surface area contributed by atoms with Crippen LogP contribution in [0.15, 0.2) is 16.8 Å². The van der Waals surface area contributed by atoms with Crippen LogP contribution in [0.3, 0.4) is 0 Å². The number of ether oxygens (including phenoxy) is 1. The summed E-state index contributed by atoms with van der Waals surface area (Å²) < 4.78 is 7.35. The molecular weight excluding hydrogens is 270 g/mol. The second-order valence-corrected chi connectivity index (χ2v) is 6.20. The van der Waals surface area contributed by atoms with Crippen LogP contribution >= 0.6 is 11.3 Å². The minimum absolute atomic E-state index is 0.496. The molecule has 1 aliphatic carbocycles. The number of nitrogens with zero attached hydrogens (tertiary/aromatic N) is 3. The molecule has 0 atom stereocenters. The predicted molar refractivity (Wildman–Crippen MR) is 80.0 cm³/mol. The van der Waals surface area contributed by atoms with Crippen molar-refractivity contribution in [3.63, 3.8) is 0 Å². The highest BCUT2D eigenvalue weighted by Gasteiger charge is 2.21. The summed E-state index contributed by atoms with van der Waals surface area (Å²) >= 11 is 1.74. The lowest BCUT2D eigenvalue weighted by molar-refractivity contribution is 0.176.